The van der Waals surface area contributed by atoms with E-state index in [1.165, 1.54) is 18.9 Å². The number of aliphatic hydroxyl groups is 3. The Morgan fingerprint density at radius 1 is 1.08 bits per heavy atom. The largest absolute Gasteiger partial charge is 0.508 e. The lowest BCUT2D eigenvalue weighted by molar-refractivity contribution is -0.167. The van der Waals surface area contributed by atoms with Gasteiger partial charge in [-0.2, -0.15) is 0 Å². The maximum atomic E-state index is 13.8. The number of likely N-dealkylation sites (tertiary alicyclic amines) is 1. The highest BCUT2D eigenvalue weighted by Gasteiger charge is 2.61. The van der Waals surface area contributed by atoms with Crippen molar-refractivity contribution >= 4 is 17.3 Å². The minimum Gasteiger partial charge on any atom is -0.508 e. The Balaban J connectivity index is 1.42. The van der Waals surface area contributed by atoms with Crippen LogP contribution in [0.25, 0.3) is 11.1 Å². The molecule has 3 aliphatic carbocycles. The van der Waals surface area contributed by atoms with Gasteiger partial charge in [0.2, 0.25) is 0 Å². The summed E-state index contributed by atoms with van der Waals surface area (Å²) < 4.78 is 0. The third kappa shape index (κ3) is 3.96. The number of phenolic OH excluding ortho intramolecular Hbond substituents is 1. The molecule has 8 heteroatoms. The number of Topliss-reactive ketones (excluding diaryl/α,β-unsaturated/α-hetero) is 3. The van der Waals surface area contributed by atoms with E-state index in [2.05, 4.69) is 17.0 Å². The molecule has 6 rings (SSSR count). The summed E-state index contributed by atoms with van der Waals surface area (Å²) in [4.78, 5) is 41.6. The topological polar surface area (TPSA) is 135 Å². The number of nitrogens with zero attached hydrogens (tertiary/aromatic N) is 1. The maximum absolute atomic E-state index is 13.8. The van der Waals surface area contributed by atoms with Crippen molar-refractivity contribution in [1.29, 1.82) is 0 Å². The number of fused-ring (bicyclic) bond motifs is 3. The number of phenols is 1. The zero-order valence-corrected chi connectivity index (χ0v) is 21.9. The van der Waals surface area contributed by atoms with Crippen LogP contribution in [0.5, 0.6) is 5.75 Å². The smallest absolute Gasteiger partial charge is 0.196 e. The average molecular weight is 532 g/mol. The zero-order chi connectivity index (χ0) is 27.6. The number of ketones is 3. The van der Waals surface area contributed by atoms with Gasteiger partial charge in [0.15, 0.2) is 17.2 Å². The first-order valence-electron chi connectivity index (χ1n) is 13.7. The Labute approximate surface area is 226 Å². The lowest BCUT2D eigenvalue weighted by atomic mass is 9.57. The minimum absolute atomic E-state index is 0.0488. The van der Waals surface area contributed by atoms with Gasteiger partial charge in [0.25, 0.3) is 0 Å². The molecule has 204 valence electrons. The molecule has 1 saturated heterocycles. The highest BCUT2D eigenvalue weighted by atomic mass is 16.3. The summed E-state index contributed by atoms with van der Waals surface area (Å²) in [6, 6.07) is 11.4. The highest BCUT2D eigenvalue weighted by molar-refractivity contribution is 6.16. The number of aromatic hydroxyl groups is 1. The lowest BCUT2D eigenvalue weighted by Crippen LogP contribution is -2.62. The standard InChI is InChI=1S/C31H33NO7/c1-16(33)25-24(35)14-20-12-19-13-22-21(18-6-4-5-17(11-18)15-32-9-2-3-10-32)7-8-23(34)27(22)28(36)26(19)30(38)31(20,39)29(25)37/h4-8,11,19-20,24-25,34-35,38-39H,2-3,9-10,12-15H2,1H3/t19-,20+,24?,25?,31-/m1/s1. The Kier molecular flexibility index (Phi) is 6.25. The number of aliphatic hydroxyl groups excluding tert-OH is 2. The molecule has 2 unspecified atom stereocenters. The van der Waals surface area contributed by atoms with Crippen molar-refractivity contribution in [2.75, 3.05) is 13.1 Å². The van der Waals surface area contributed by atoms with Crippen LogP contribution in [-0.4, -0.2) is 67.5 Å². The number of allylic oxidation sites excluding steroid dienone is 1. The molecule has 5 atom stereocenters. The molecule has 1 heterocycles. The van der Waals surface area contributed by atoms with Crippen molar-refractivity contribution in [3.8, 4) is 16.9 Å². The van der Waals surface area contributed by atoms with E-state index in [9.17, 15) is 34.8 Å². The van der Waals surface area contributed by atoms with Crippen molar-refractivity contribution in [3.63, 3.8) is 0 Å². The van der Waals surface area contributed by atoms with Crippen LogP contribution in [0.3, 0.4) is 0 Å². The summed E-state index contributed by atoms with van der Waals surface area (Å²) in [5.74, 6) is -6.02. The molecule has 2 aromatic carbocycles. The molecule has 1 saturated carbocycles. The summed E-state index contributed by atoms with van der Waals surface area (Å²) in [5.41, 5.74) is 1.10. The van der Waals surface area contributed by atoms with Gasteiger partial charge in [-0.05, 0) is 92.4 Å². The molecule has 0 radical (unpaired) electrons. The van der Waals surface area contributed by atoms with Crippen molar-refractivity contribution in [2.24, 2.45) is 17.8 Å². The number of hydrogen-bond donors (Lipinski definition) is 4. The first kappa shape index (κ1) is 25.9. The molecule has 8 nitrogen and oxygen atoms in total. The van der Waals surface area contributed by atoms with E-state index < -0.39 is 52.6 Å². The number of carbonyl (C=O) groups excluding carboxylic acids is 3. The fourth-order valence-electron chi connectivity index (χ4n) is 7.37. The summed E-state index contributed by atoms with van der Waals surface area (Å²) in [7, 11) is 0. The molecule has 39 heavy (non-hydrogen) atoms. The van der Waals surface area contributed by atoms with E-state index in [0.29, 0.717) is 12.0 Å². The number of benzene rings is 2. The predicted molar refractivity (Wildman–Crippen MR) is 142 cm³/mol. The van der Waals surface area contributed by atoms with E-state index in [1.807, 2.05) is 12.1 Å². The SMILES string of the molecule is CC(=O)C1C(=O)[C@@]2(O)C(O)=C3C(=O)c4c(O)ccc(-c5cccc(CN6CCCC6)c5)c4C[C@H]3C[C@H]2CC1O. The Morgan fingerprint density at radius 3 is 2.54 bits per heavy atom. The van der Waals surface area contributed by atoms with Crippen LogP contribution < -0.4 is 0 Å². The maximum Gasteiger partial charge on any atom is 0.196 e. The van der Waals surface area contributed by atoms with Crippen LogP contribution in [0.4, 0.5) is 0 Å². The third-order valence-corrected chi connectivity index (χ3v) is 9.25. The van der Waals surface area contributed by atoms with Crippen LogP contribution in [-0.2, 0) is 22.6 Å². The summed E-state index contributed by atoms with van der Waals surface area (Å²) in [6.07, 6.45) is 1.58. The van der Waals surface area contributed by atoms with Gasteiger partial charge in [0.05, 0.1) is 11.7 Å². The molecule has 0 spiro atoms. The molecule has 0 aromatic heterocycles. The van der Waals surface area contributed by atoms with Gasteiger partial charge < -0.3 is 20.4 Å². The second-order valence-electron chi connectivity index (χ2n) is 11.6. The molecule has 2 fully saturated rings. The fourth-order valence-corrected chi connectivity index (χ4v) is 7.37. The molecular weight excluding hydrogens is 498 g/mol. The van der Waals surface area contributed by atoms with Crippen LogP contribution >= 0.6 is 0 Å². The Morgan fingerprint density at radius 2 is 1.82 bits per heavy atom. The van der Waals surface area contributed by atoms with Crippen molar-refractivity contribution in [1.82, 2.24) is 4.90 Å². The average Bonchev–Trinajstić information content (AvgIpc) is 3.39. The first-order chi connectivity index (χ1) is 18.6. The van der Waals surface area contributed by atoms with E-state index in [-0.39, 0.29) is 29.7 Å². The number of rotatable bonds is 4. The fraction of sp³-hybridized carbons (Fsp3) is 0.452. The third-order valence-electron chi connectivity index (χ3n) is 9.25. The summed E-state index contributed by atoms with van der Waals surface area (Å²) >= 11 is 0. The molecule has 1 aliphatic heterocycles. The Bertz CT molecular complexity index is 1420. The highest BCUT2D eigenvalue weighted by Crippen LogP contribution is 2.52. The Hall–Kier alpha value is -3.33. The van der Waals surface area contributed by atoms with E-state index in [4.69, 9.17) is 0 Å². The molecular formula is C31H33NO7. The second kappa shape index (κ2) is 9.40. The van der Waals surface area contributed by atoms with Crippen molar-refractivity contribution < 1.29 is 34.8 Å². The quantitative estimate of drug-likeness (QED) is 0.442. The number of carbonyl (C=O) groups is 3. The van der Waals surface area contributed by atoms with Crippen molar-refractivity contribution in [3.05, 3.63) is 64.4 Å². The second-order valence-corrected chi connectivity index (χ2v) is 11.6. The minimum atomic E-state index is -2.42. The molecule has 0 amide bonds. The predicted octanol–water partition coefficient (Wildman–Crippen LogP) is 3.11. The van der Waals surface area contributed by atoms with Gasteiger partial charge in [-0.25, -0.2) is 0 Å². The van der Waals surface area contributed by atoms with Gasteiger partial charge in [-0.1, -0.05) is 24.3 Å². The van der Waals surface area contributed by atoms with Gasteiger partial charge in [0, 0.05) is 18.0 Å². The monoisotopic (exact) mass is 531 g/mol. The van der Waals surface area contributed by atoms with Crippen LogP contribution in [0.15, 0.2) is 47.7 Å². The van der Waals surface area contributed by atoms with Crippen LogP contribution in [0.2, 0.25) is 0 Å². The first-order valence-corrected chi connectivity index (χ1v) is 13.7. The summed E-state index contributed by atoms with van der Waals surface area (Å²) in [6.45, 7) is 4.15. The van der Waals surface area contributed by atoms with Gasteiger partial charge >= 0.3 is 0 Å². The van der Waals surface area contributed by atoms with E-state index in [0.717, 1.165) is 43.2 Å². The molecule has 0 bridgehead atoms. The van der Waals surface area contributed by atoms with Crippen LogP contribution in [0.1, 0.15) is 54.1 Å². The lowest BCUT2D eigenvalue weighted by Gasteiger charge is -2.48. The molecule has 4 aliphatic rings. The van der Waals surface area contributed by atoms with Crippen LogP contribution in [0, 0.1) is 17.8 Å². The molecule has 4 N–H and O–H groups in total. The number of hydrogen-bond acceptors (Lipinski definition) is 8. The van der Waals surface area contributed by atoms with Gasteiger partial charge in [0.1, 0.15) is 23.2 Å². The van der Waals surface area contributed by atoms with Gasteiger partial charge in [-0.15, -0.1) is 0 Å². The zero-order valence-electron chi connectivity index (χ0n) is 21.9. The van der Waals surface area contributed by atoms with E-state index >= 15 is 0 Å². The van der Waals surface area contributed by atoms with E-state index in [1.54, 1.807) is 6.07 Å². The van der Waals surface area contributed by atoms with Crippen molar-refractivity contribution in [2.45, 2.75) is 57.3 Å². The normalized spacial score (nSPS) is 30.6. The summed E-state index contributed by atoms with van der Waals surface area (Å²) in [5, 5.41) is 44.1. The van der Waals surface area contributed by atoms with Gasteiger partial charge in [-0.3, -0.25) is 19.3 Å². The molecule has 2 aromatic rings.